The van der Waals surface area contributed by atoms with E-state index in [1.165, 1.54) is 0 Å². The first kappa shape index (κ1) is 11.7. The van der Waals surface area contributed by atoms with E-state index in [0.717, 1.165) is 45.6 Å². The minimum Gasteiger partial charge on any atom is -0.494 e. The van der Waals surface area contributed by atoms with Crippen molar-refractivity contribution in [3.05, 3.63) is 29.0 Å². The van der Waals surface area contributed by atoms with Crippen molar-refractivity contribution in [1.82, 2.24) is 4.98 Å². The summed E-state index contributed by atoms with van der Waals surface area (Å²) in [6, 6.07) is 3.96. The Morgan fingerprint density at radius 1 is 1.29 bits per heavy atom. The van der Waals surface area contributed by atoms with E-state index in [9.17, 15) is 0 Å². The molecule has 1 aromatic heterocycles. The lowest BCUT2D eigenvalue weighted by molar-refractivity contribution is 0.418. The molecule has 1 aromatic carbocycles. The molecule has 0 saturated heterocycles. The van der Waals surface area contributed by atoms with E-state index < -0.39 is 0 Å². The molecule has 2 N–H and O–H groups in total. The van der Waals surface area contributed by atoms with Crippen LogP contribution >= 0.6 is 0 Å². The third-order valence-corrected chi connectivity index (χ3v) is 3.23. The molecule has 3 heteroatoms. The number of nitrogens with two attached hydrogens (primary N) is 1. The Labute approximate surface area is 102 Å². The van der Waals surface area contributed by atoms with Gasteiger partial charge in [0.1, 0.15) is 11.3 Å². The van der Waals surface area contributed by atoms with Crippen LogP contribution in [0, 0.1) is 13.8 Å². The summed E-state index contributed by atoms with van der Waals surface area (Å²) in [5.74, 6) is 0.781. The Bertz CT molecular complexity index is 576. The molecule has 0 spiro atoms. The normalized spacial score (nSPS) is 10.8. The van der Waals surface area contributed by atoms with Crippen LogP contribution in [-0.2, 0) is 6.42 Å². The summed E-state index contributed by atoms with van der Waals surface area (Å²) >= 11 is 0. The predicted molar refractivity (Wildman–Crippen MR) is 71.6 cm³/mol. The maximum absolute atomic E-state index is 6.26. The summed E-state index contributed by atoms with van der Waals surface area (Å²) in [5.41, 5.74) is 11.2. The average Bonchev–Trinajstić information content (AvgIpc) is 2.29. The number of rotatable bonds is 2. The molecule has 3 nitrogen and oxygen atoms in total. The maximum Gasteiger partial charge on any atom is 0.145 e. The van der Waals surface area contributed by atoms with E-state index in [1.54, 1.807) is 7.11 Å². The fourth-order valence-corrected chi connectivity index (χ4v) is 2.32. The van der Waals surface area contributed by atoms with Crippen LogP contribution in [0.15, 0.2) is 12.1 Å². The van der Waals surface area contributed by atoms with Crippen LogP contribution in [0.25, 0.3) is 10.9 Å². The van der Waals surface area contributed by atoms with Crippen molar-refractivity contribution in [2.75, 3.05) is 12.8 Å². The Hall–Kier alpha value is -1.77. The first-order valence-corrected chi connectivity index (χ1v) is 5.82. The topological polar surface area (TPSA) is 48.1 Å². The van der Waals surface area contributed by atoms with E-state index in [4.69, 9.17) is 10.5 Å². The molecular weight excluding hydrogens is 212 g/mol. The van der Waals surface area contributed by atoms with Crippen LogP contribution in [0.5, 0.6) is 5.75 Å². The van der Waals surface area contributed by atoms with Crippen LogP contribution < -0.4 is 10.5 Å². The van der Waals surface area contributed by atoms with Gasteiger partial charge in [-0.05, 0) is 37.5 Å². The lowest BCUT2D eigenvalue weighted by atomic mass is 10.0. The Balaban J connectivity index is 2.94. The summed E-state index contributed by atoms with van der Waals surface area (Å²) in [5, 5.41) is 1.02. The van der Waals surface area contributed by atoms with Crippen LogP contribution in [0.2, 0.25) is 0 Å². The zero-order chi connectivity index (χ0) is 12.6. The van der Waals surface area contributed by atoms with Crippen LogP contribution in [0.4, 0.5) is 5.69 Å². The molecule has 0 amide bonds. The summed E-state index contributed by atoms with van der Waals surface area (Å²) in [4.78, 5) is 4.63. The summed E-state index contributed by atoms with van der Waals surface area (Å²) < 4.78 is 5.35. The van der Waals surface area contributed by atoms with Crippen molar-refractivity contribution in [2.45, 2.75) is 27.2 Å². The molecule has 2 rings (SSSR count). The number of pyridine rings is 1. The molecule has 0 saturated carbocycles. The predicted octanol–water partition coefficient (Wildman–Crippen LogP) is 3.00. The second-order valence-corrected chi connectivity index (χ2v) is 4.25. The Morgan fingerprint density at radius 3 is 2.59 bits per heavy atom. The van der Waals surface area contributed by atoms with Crippen molar-refractivity contribution in [1.29, 1.82) is 0 Å². The zero-order valence-corrected chi connectivity index (χ0v) is 10.8. The van der Waals surface area contributed by atoms with Gasteiger partial charge in [-0.15, -0.1) is 0 Å². The van der Waals surface area contributed by atoms with E-state index in [-0.39, 0.29) is 0 Å². The highest BCUT2D eigenvalue weighted by Crippen LogP contribution is 2.33. The second kappa shape index (κ2) is 4.24. The van der Waals surface area contributed by atoms with Crippen molar-refractivity contribution < 1.29 is 4.74 Å². The maximum atomic E-state index is 6.26. The standard InChI is InChI=1S/C14H18N2O/c1-5-10-9(3)16-14-11(17-4)7-6-8(2)12(14)13(10)15/h6-7H,5H2,1-4H3,(H2,15,16). The Morgan fingerprint density at radius 2 is 2.00 bits per heavy atom. The third kappa shape index (κ3) is 1.71. The summed E-state index contributed by atoms with van der Waals surface area (Å²) in [6.45, 7) is 6.15. The number of aromatic nitrogens is 1. The van der Waals surface area contributed by atoms with Gasteiger partial charge < -0.3 is 10.5 Å². The van der Waals surface area contributed by atoms with Crippen molar-refractivity contribution in [2.24, 2.45) is 0 Å². The number of nitrogen functional groups attached to an aromatic ring is 1. The Kier molecular flexibility index (Phi) is 2.92. The van der Waals surface area contributed by atoms with Gasteiger partial charge in [-0.1, -0.05) is 13.0 Å². The number of benzene rings is 1. The number of hydrogen-bond acceptors (Lipinski definition) is 3. The summed E-state index contributed by atoms with van der Waals surface area (Å²) in [6.07, 6.45) is 0.900. The van der Waals surface area contributed by atoms with Crippen molar-refractivity contribution in [3.63, 3.8) is 0 Å². The average molecular weight is 230 g/mol. The number of ether oxygens (including phenoxy) is 1. The molecule has 17 heavy (non-hydrogen) atoms. The monoisotopic (exact) mass is 230 g/mol. The van der Waals surface area contributed by atoms with Gasteiger partial charge in [0, 0.05) is 16.8 Å². The first-order valence-electron chi connectivity index (χ1n) is 5.82. The number of hydrogen-bond donors (Lipinski definition) is 1. The number of nitrogens with zero attached hydrogens (tertiary/aromatic N) is 1. The van der Waals surface area contributed by atoms with Crippen LogP contribution in [-0.4, -0.2) is 12.1 Å². The van der Waals surface area contributed by atoms with E-state index in [0.29, 0.717) is 0 Å². The van der Waals surface area contributed by atoms with Crippen molar-refractivity contribution >= 4 is 16.6 Å². The largest absolute Gasteiger partial charge is 0.494 e. The molecular formula is C14H18N2O. The number of aryl methyl sites for hydroxylation is 2. The van der Waals surface area contributed by atoms with E-state index >= 15 is 0 Å². The lowest BCUT2D eigenvalue weighted by Crippen LogP contribution is -2.02. The summed E-state index contributed by atoms with van der Waals surface area (Å²) in [7, 11) is 1.66. The van der Waals surface area contributed by atoms with Crippen molar-refractivity contribution in [3.8, 4) is 5.75 Å². The zero-order valence-electron chi connectivity index (χ0n) is 10.8. The quantitative estimate of drug-likeness (QED) is 0.862. The number of methoxy groups -OCH3 is 1. The van der Waals surface area contributed by atoms with Crippen LogP contribution in [0.3, 0.4) is 0 Å². The van der Waals surface area contributed by atoms with Gasteiger partial charge in [0.05, 0.1) is 7.11 Å². The molecule has 0 bridgehead atoms. The van der Waals surface area contributed by atoms with Gasteiger partial charge in [-0.25, -0.2) is 4.98 Å². The van der Waals surface area contributed by atoms with Gasteiger partial charge in [0.25, 0.3) is 0 Å². The SMILES string of the molecule is CCc1c(C)nc2c(OC)ccc(C)c2c1N. The molecule has 0 aliphatic rings. The first-order chi connectivity index (χ1) is 8.10. The molecule has 1 heterocycles. The third-order valence-electron chi connectivity index (χ3n) is 3.23. The minimum absolute atomic E-state index is 0.781. The van der Waals surface area contributed by atoms with E-state index in [1.807, 2.05) is 19.1 Å². The smallest absolute Gasteiger partial charge is 0.145 e. The molecule has 0 fully saturated rings. The highest BCUT2D eigenvalue weighted by molar-refractivity contribution is 5.98. The van der Waals surface area contributed by atoms with Gasteiger partial charge >= 0.3 is 0 Å². The highest BCUT2D eigenvalue weighted by atomic mass is 16.5. The fraction of sp³-hybridized carbons (Fsp3) is 0.357. The van der Waals surface area contributed by atoms with Gasteiger partial charge in [0.15, 0.2) is 0 Å². The number of anilines is 1. The molecule has 0 radical (unpaired) electrons. The van der Waals surface area contributed by atoms with Crippen LogP contribution in [0.1, 0.15) is 23.7 Å². The van der Waals surface area contributed by atoms with Gasteiger partial charge in [0.2, 0.25) is 0 Å². The molecule has 0 atom stereocenters. The fourth-order valence-electron chi connectivity index (χ4n) is 2.32. The second-order valence-electron chi connectivity index (χ2n) is 4.25. The van der Waals surface area contributed by atoms with E-state index in [2.05, 4.69) is 18.8 Å². The highest BCUT2D eigenvalue weighted by Gasteiger charge is 2.13. The molecule has 0 aliphatic heterocycles. The molecule has 0 unspecified atom stereocenters. The molecule has 0 aliphatic carbocycles. The lowest BCUT2D eigenvalue weighted by Gasteiger charge is -2.14. The number of fused-ring (bicyclic) bond motifs is 1. The molecule has 90 valence electrons. The minimum atomic E-state index is 0.781. The van der Waals surface area contributed by atoms with Gasteiger partial charge in [-0.2, -0.15) is 0 Å². The molecule has 2 aromatic rings. The van der Waals surface area contributed by atoms with Gasteiger partial charge in [-0.3, -0.25) is 0 Å².